The van der Waals surface area contributed by atoms with Crippen LogP contribution in [-0.4, -0.2) is 51.4 Å². The van der Waals surface area contributed by atoms with Crippen molar-refractivity contribution in [3.05, 3.63) is 89.5 Å². The Morgan fingerprint density at radius 3 is 2.08 bits per heavy atom. The van der Waals surface area contributed by atoms with Gasteiger partial charge in [-0.25, -0.2) is 8.42 Å². The molecule has 0 radical (unpaired) electrons. The van der Waals surface area contributed by atoms with Gasteiger partial charge in [0.25, 0.3) is 10.0 Å². The number of methoxy groups -OCH3 is 1. The van der Waals surface area contributed by atoms with Crippen LogP contribution in [0, 0.1) is 13.8 Å². The second kappa shape index (κ2) is 14.0. The molecule has 0 bridgehead atoms. The van der Waals surface area contributed by atoms with E-state index >= 15 is 0 Å². The molecular weight excluding hydrogens is 526 g/mol. The van der Waals surface area contributed by atoms with Gasteiger partial charge in [0.05, 0.1) is 17.7 Å². The third kappa shape index (κ3) is 7.41. The molecule has 0 fully saturated rings. The van der Waals surface area contributed by atoms with E-state index in [-0.39, 0.29) is 23.0 Å². The van der Waals surface area contributed by atoms with Gasteiger partial charge in [0.15, 0.2) is 0 Å². The van der Waals surface area contributed by atoms with Crippen molar-refractivity contribution in [3.63, 3.8) is 0 Å². The van der Waals surface area contributed by atoms with Crippen molar-refractivity contribution < 1.29 is 22.7 Å². The molecule has 0 aliphatic carbocycles. The smallest absolute Gasteiger partial charge is 0.264 e. The fourth-order valence-electron chi connectivity index (χ4n) is 4.36. The van der Waals surface area contributed by atoms with Gasteiger partial charge in [-0.05, 0) is 56.5 Å². The Labute approximate surface area is 238 Å². The number of nitrogens with zero attached hydrogens (tertiary/aromatic N) is 2. The van der Waals surface area contributed by atoms with Crippen LogP contribution >= 0.6 is 0 Å². The van der Waals surface area contributed by atoms with Crippen LogP contribution in [0.15, 0.2) is 77.7 Å². The van der Waals surface area contributed by atoms with Gasteiger partial charge in [0, 0.05) is 13.1 Å². The van der Waals surface area contributed by atoms with Crippen LogP contribution in [0.5, 0.6) is 5.75 Å². The topological polar surface area (TPSA) is 96.0 Å². The molecule has 1 atom stereocenters. The summed E-state index contributed by atoms with van der Waals surface area (Å²) in [6.07, 6.45) is 1.12. The molecule has 2 amide bonds. The van der Waals surface area contributed by atoms with E-state index in [4.69, 9.17) is 4.74 Å². The van der Waals surface area contributed by atoms with Crippen LogP contribution in [0.4, 0.5) is 5.69 Å². The van der Waals surface area contributed by atoms with E-state index in [0.29, 0.717) is 18.7 Å². The summed E-state index contributed by atoms with van der Waals surface area (Å²) in [5.74, 6) is -0.459. The highest BCUT2D eigenvalue weighted by Crippen LogP contribution is 2.32. The molecule has 0 saturated heterocycles. The van der Waals surface area contributed by atoms with E-state index in [1.165, 1.54) is 24.1 Å². The third-order valence-electron chi connectivity index (χ3n) is 6.65. The van der Waals surface area contributed by atoms with Crippen LogP contribution in [0.1, 0.15) is 43.4 Å². The monoisotopic (exact) mass is 565 g/mol. The molecule has 9 heteroatoms. The molecule has 214 valence electrons. The fourth-order valence-corrected chi connectivity index (χ4v) is 5.79. The van der Waals surface area contributed by atoms with E-state index in [2.05, 4.69) is 5.32 Å². The molecule has 0 spiro atoms. The van der Waals surface area contributed by atoms with Crippen LogP contribution < -0.4 is 14.4 Å². The Morgan fingerprint density at radius 1 is 0.900 bits per heavy atom. The van der Waals surface area contributed by atoms with Gasteiger partial charge in [-0.2, -0.15) is 0 Å². The number of anilines is 1. The maximum absolute atomic E-state index is 14.1. The zero-order valence-corrected chi connectivity index (χ0v) is 24.7. The van der Waals surface area contributed by atoms with E-state index < -0.39 is 28.5 Å². The number of ether oxygens (including phenoxy) is 1. The zero-order chi connectivity index (χ0) is 29.3. The highest BCUT2D eigenvalue weighted by molar-refractivity contribution is 7.92. The molecule has 8 nitrogen and oxygen atoms in total. The number of nitrogens with one attached hydrogen (secondary N) is 1. The lowest BCUT2D eigenvalue weighted by molar-refractivity contribution is -0.140. The van der Waals surface area contributed by atoms with Crippen molar-refractivity contribution in [2.24, 2.45) is 0 Å². The van der Waals surface area contributed by atoms with Gasteiger partial charge in [-0.15, -0.1) is 0 Å². The quantitative estimate of drug-likeness (QED) is 0.320. The molecule has 1 N–H and O–H groups in total. The van der Waals surface area contributed by atoms with Crippen molar-refractivity contribution in [3.8, 4) is 5.75 Å². The minimum Gasteiger partial charge on any atom is -0.495 e. The molecule has 3 aromatic carbocycles. The molecule has 0 saturated carbocycles. The number of sulfonamides is 1. The van der Waals surface area contributed by atoms with Crippen molar-refractivity contribution in [2.75, 3.05) is 24.5 Å². The second-order valence-electron chi connectivity index (χ2n) is 9.72. The van der Waals surface area contributed by atoms with E-state index in [1.54, 1.807) is 36.4 Å². The normalized spacial score (nSPS) is 11.9. The SMILES string of the molecule is CCCNC(=O)[C@@H](CC)N(Cc1ccc(C)cc1)C(=O)CN(c1ccccc1OC)S(=O)(=O)c1ccc(C)cc1. The number of amides is 2. The molecule has 0 unspecified atom stereocenters. The lowest BCUT2D eigenvalue weighted by Crippen LogP contribution is -2.52. The van der Waals surface area contributed by atoms with E-state index in [1.807, 2.05) is 52.0 Å². The van der Waals surface area contributed by atoms with Crippen LogP contribution in [0.3, 0.4) is 0 Å². The number of carbonyl (C=O) groups excluding carboxylic acids is 2. The maximum atomic E-state index is 14.1. The zero-order valence-electron chi connectivity index (χ0n) is 23.9. The lowest BCUT2D eigenvalue weighted by Gasteiger charge is -2.33. The standard InChI is InChI=1S/C31H39N3O5S/c1-6-20-32-31(36)27(7-2)33(21-25-16-12-23(3)13-17-25)30(35)22-34(28-10-8-9-11-29(28)39-5)40(37,38)26-18-14-24(4)15-19-26/h8-19,27H,6-7,20-22H2,1-5H3,(H,32,36)/t27-/m1/s1. The highest BCUT2D eigenvalue weighted by atomic mass is 32.2. The summed E-state index contributed by atoms with van der Waals surface area (Å²) < 4.78 is 34.6. The van der Waals surface area contributed by atoms with Gasteiger partial charge in [-0.1, -0.05) is 73.5 Å². The molecule has 0 aromatic heterocycles. The predicted octanol–water partition coefficient (Wildman–Crippen LogP) is 4.84. The number of rotatable bonds is 13. The summed E-state index contributed by atoms with van der Waals surface area (Å²) >= 11 is 0. The highest BCUT2D eigenvalue weighted by Gasteiger charge is 2.34. The van der Waals surface area contributed by atoms with Gasteiger partial charge in [0.1, 0.15) is 18.3 Å². The van der Waals surface area contributed by atoms with Crippen LogP contribution in [-0.2, 0) is 26.2 Å². The minimum absolute atomic E-state index is 0.0506. The molecule has 0 heterocycles. The average Bonchev–Trinajstić information content (AvgIpc) is 2.95. The summed E-state index contributed by atoms with van der Waals surface area (Å²) in [7, 11) is -2.72. The van der Waals surface area contributed by atoms with Crippen LogP contribution in [0.25, 0.3) is 0 Å². The molecule has 0 aliphatic heterocycles. The van der Waals surface area contributed by atoms with Gasteiger partial charge < -0.3 is 15.0 Å². The Hall–Kier alpha value is -3.85. The molecule has 40 heavy (non-hydrogen) atoms. The summed E-state index contributed by atoms with van der Waals surface area (Å²) in [5.41, 5.74) is 3.05. The van der Waals surface area contributed by atoms with Crippen molar-refractivity contribution >= 4 is 27.5 Å². The first kappa shape index (κ1) is 30.7. The number of benzene rings is 3. The van der Waals surface area contributed by atoms with Gasteiger partial charge in [0.2, 0.25) is 11.8 Å². The first-order chi connectivity index (χ1) is 19.1. The van der Waals surface area contributed by atoms with Crippen molar-refractivity contribution in [2.45, 2.75) is 58.0 Å². The first-order valence-electron chi connectivity index (χ1n) is 13.5. The fraction of sp³-hybridized carbons (Fsp3) is 0.355. The molecule has 0 aliphatic rings. The van der Waals surface area contributed by atoms with Crippen molar-refractivity contribution in [1.29, 1.82) is 0 Å². The van der Waals surface area contributed by atoms with E-state index in [9.17, 15) is 18.0 Å². The first-order valence-corrected chi connectivity index (χ1v) is 14.9. The average molecular weight is 566 g/mol. The minimum atomic E-state index is -4.17. The Balaban J connectivity index is 2.08. The molecular formula is C31H39N3O5S. The molecule has 3 aromatic rings. The summed E-state index contributed by atoms with van der Waals surface area (Å²) in [5, 5.41) is 2.89. The summed E-state index contributed by atoms with van der Waals surface area (Å²) in [6.45, 7) is 7.76. The van der Waals surface area contributed by atoms with Crippen LogP contribution in [0.2, 0.25) is 0 Å². The number of carbonyl (C=O) groups is 2. The van der Waals surface area contributed by atoms with Gasteiger partial charge in [-0.3, -0.25) is 13.9 Å². The Kier molecular flexibility index (Phi) is 10.7. The number of para-hydroxylation sites is 2. The Morgan fingerprint density at radius 2 is 1.50 bits per heavy atom. The summed E-state index contributed by atoms with van der Waals surface area (Å²) in [6, 6.07) is 20.1. The largest absolute Gasteiger partial charge is 0.495 e. The lowest BCUT2D eigenvalue weighted by atomic mass is 10.1. The Bertz CT molecular complexity index is 1390. The number of hydrogen-bond donors (Lipinski definition) is 1. The van der Waals surface area contributed by atoms with Gasteiger partial charge >= 0.3 is 0 Å². The maximum Gasteiger partial charge on any atom is 0.264 e. The summed E-state index contributed by atoms with van der Waals surface area (Å²) in [4.78, 5) is 28.8. The van der Waals surface area contributed by atoms with Crippen molar-refractivity contribution in [1.82, 2.24) is 10.2 Å². The number of hydrogen-bond acceptors (Lipinski definition) is 5. The van der Waals surface area contributed by atoms with E-state index in [0.717, 1.165) is 27.4 Å². The second-order valence-corrected chi connectivity index (χ2v) is 11.6. The number of aryl methyl sites for hydroxylation is 2. The predicted molar refractivity (Wildman–Crippen MR) is 158 cm³/mol. The molecule has 3 rings (SSSR count). The third-order valence-corrected chi connectivity index (χ3v) is 8.42.